The molecule has 2 aromatic carbocycles. The molecule has 8 heteroatoms. The Balaban J connectivity index is 1.40. The number of benzene rings is 2. The van der Waals surface area contributed by atoms with Gasteiger partial charge in [-0.1, -0.05) is 18.2 Å². The van der Waals surface area contributed by atoms with E-state index in [1.165, 1.54) is 6.08 Å². The van der Waals surface area contributed by atoms with Gasteiger partial charge in [-0.25, -0.2) is 4.68 Å². The van der Waals surface area contributed by atoms with Gasteiger partial charge in [0.15, 0.2) is 0 Å². The SMILES string of the molecule is CCOc1ccc(NC(=O)CNC(=O)/C=C/c2cn(-c3ccccc3)nc2-c2cccnc2)cc1. The molecule has 0 bridgehead atoms. The molecule has 0 saturated heterocycles. The molecule has 0 aliphatic rings. The minimum atomic E-state index is -0.392. The van der Waals surface area contributed by atoms with Gasteiger partial charge in [0.05, 0.1) is 18.8 Å². The van der Waals surface area contributed by atoms with Gasteiger partial charge in [-0.15, -0.1) is 0 Å². The summed E-state index contributed by atoms with van der Waals surface area (Å²) in [5.74, 6) is 0.00507. The molecule has 2 heterocycles. The summed E-state index contributed by atoms with van der Waals surface area (Å²) in [5, 5.41) is 10.0. The van der Waals surface area contributed by atoms with Crippen LogP contribution in [0.3, 0.4) is 0 Å². The van der Waals surface area contributed by atoms with Crippen molar-refractivity contribution in [2.75, 3.05) is 18.5 Å². The first-order valence-corrected chi connectivity index (χ1v) is 11.2. The number of carbonyl (C=O) groups excluding carboxylic acids is 2. The Labute approximate surface area is 203 Å². The highest BCUT2D eigenvalue weighted by Gasteiger charge is 2.11. The Kier molecular flexibility index (Phi) is 7.65. The maximum atomic E-state index is 12.4. The quantitative estimate of drug-likeness (QED) is 0.361. The second-order valence-corrected chi connectivity index (χ2v) is 7.51. The molecule has 2 N–H and O–H groups in total. The van der Waals surface area contributed by atoms with Crippen LogP contribution in [0.15, 0.2) is 91.4 Å². The normalized spacial score (nSPS) is 10.8. The first-order valence-electron chi connectivity index (χ1n) is 11.2. The van der Waals surface area contributed by atoms with E-state index in [0.717, 1.165) is 22.6 Å². The third kappa shape index (κ3) is 6.42. The molecule has 0 atom stereocenters. The van der Waals surface area contributed by atoms with Crippen molar-refractivity contribution in [1.29, 1.82) is 0 Å². The smallest absolute Gasteiger partial charge is 0.244 e. The molecule has 2 aromatic heterocycles. The Morgan fingerprint density at radius 2 is 1.83 bits per heavy atom. The maximum absolute atomic E-state index is 12.4. The molecule has 35 heavy (non-hydrogen) atoms. The predicted molar refractivity (Wildman–Crippen MR) is 135 cm³/mol. The van der Waals surface area contributed by atoms with Crippen LogP contribution in [0, 0.1) is 0 Å². The summed E-state index contributed by atoms with van der Waals surface area (Å²) in [5.41, 5.74) is 3.79. The Morgan fingerprint density at radius 3 is 2.54 bits per heavy atom. The van der Waals surface area contributed by atoms with Gasteiger partial charge in [0.1, 0.15) is 11.4 Å². The maximum Gasteiger partial charge on any atom is 0.244 e. The fourth-order valence-electron chi connectivity index (χ4n) is 3.35. The van der Waals surface area contributed by atoms with Crippen LogP contribution in [0.25, 0.3) is 23.0 Å². The molecule has 176 valence electrons. The number of rotatable bonds is 9. The number of pyridine rings is 1. The van der Waals surface area contributed by atoms with Gasteiger partial charge in [-0.2, -0.15) is 5.10 Å². The minimum Gasteiger partial charge on any atom is -0.494 e. The molecule has 0 aliphatic heterocycles. The largest absolute Gasteiger partial charge is 0.494 e. The molecule has 4 aromatic rings. The summed E-state index contributed by atoms with van der Waals surface area (Å²) >= 11 is 0. The summed E-state index contributed by atoms with van der Waals surface area (Å²) in [6.07, 6.45) is 8.32. The fraction of sp³-hybridized carbons (Fsp3) is 0.111. The number of hydrogen-bond donors (Lipinski definition) is 2. The highest BCUT2D eigenvalue weighted by molar-refractivity contribution is 5.98. The first kappa shape index (κ1) is 23.4. The van der Waals surface area contributed by atoms with Gasteiger partial charge in [0, 0.05) is 41.5 Å². The molecule has 0 saturated carbocycles. The lowest BCUT2D eigenvalue weighted by Crippen LogP contribution is -2.31. The van der Waals surface area contributed by atoms with Crippen molar-refractivity contribution >= 4 is 23.6 Å². The number of nitrogens with one attached hydrogen (secondary N) is 2. The van der Waals surface area contributed by atoms with Gasteiger partial charge < -0.3 is 15.4 Å². The van der Waals surface area contributed by atoms with Crippen LogP contribution < -0.4 is 15.4 Å². The Hall–Kier alpha value is -4.72. The predicted octanol–water partition coefficient (Wildman–Crippen LogP) is 4.10. The number of carbonyl (C=O) groups is 2. The molecular weight excluding hydrogens is 442 g/mol. The highest BCUT2D eigenvalue weighted by atomic mass is 16.5. The summed E-state index contributed by atoms with van der Waals surface area (Å²) in [6.45, 7) is 2.32. The van der Waals surface area contributed by atoms with Crippen LogP contribution in [0.4, 0.5) is 5.69 Å². The standard InChI is InChI=1S/C27H25N5O3/c1-2-35-24-13-11-22(12-14-24)30-26(34)18-29-25(33)15-10-21-19-32(23-8-4-3-5-9-23)31-27(21)20-7-6-16-28-17-20/h3-17,19H,2,18H2,1H3,(H,29,33)(H,30,34)/b15-10+. The van der Waals surface area contributed by atoms with Crippen molar-refractivity contribution in [2.24, 2.45) is 0 Å². The average Bonchev–Trinajstić information content (AvgIpc) is 3.33. The summed E-state index contributed by atoms with van der Waals surface area (Å²) in [6, 6.07) is 20.5. The van der Waals surface area contributed by atoms with Crippen molar-refractivity contribution in [1.82, 2.24) is 20.1 Å². The molecule has 2 amide bonds. The van der Waals surface area contributed by atoms with Crippen molar-refractivity contribution in [2.45, 2.75) is 6.92 Å². The van der Waals surface area contributed by atoms with E-state index in [2.05, 4.69) is 20.7 Å². The fourth-order valence-corrected chi connectivity index (χ4v) is 3.35. The van der Waals surface area contributed by atoms with Gasteiger partial charge >= 0.3 is 0 Å². The number of amides is 2. The summed E-state index contributed by atoms with van der Waals surface area (Å²) in [4.78, 5) is 28.8. The van der Waals surface area contributed by atoms with E-state index in [4.69, 9.17) is 4.74 Å². The Bertz CT molecular complexity index is 1300. The molecular formula is C27H25N5O3. The first-order chi connectivity index (χ1) is 17.1. The van der Waals surface area contributed by atoms with Gasteiger partial charge in [0.25, 0.3) is 0 Å². The number of nitrogens with zero attached hydrogens (tertiary/aromatic N) is 3. The third-order valence-electron chi connectivity index (χ3n) is 4.98. The van der Waals surface area contributed by atoms with E-state index in [1.54, 1.807) is 47.4 Å². The number of aromatic nitrogens is 3. The molecule has 0 fully saturated rings. The van der Waals surface area contributed by atoms with Gasteiger partial charge in [-0.05, 0) is 61.5 Å². The molecule has 0 radical (unpaired) electrons. The van der Waals surface area contributed by atoms with Crippen LogP contribution in [-0.4, -0.2) is 39.7 Å². The van der Waals surface area contributed by atoms with Crippen molar-refractivity contribution in [3.8, 4) is 22.7 Å². The zero-order valence-electron chi connectivity index (χ0n) is 19.2. The number of hydrogen-bond acceptors (Lipinski definition) is 5. The van der Waals surface area contributed by atoms with E-state index in [1.807, 2.05) is 55.6 Å². The highest BCUT2D eigenvalue weighted by Crippen LogP contribution is 2.24. The van der Waals surface area contributed by atoms with E-state index in [0.29, 0.717) is 18.0 Å². The van der Waals surface area contributed by atoms with Crippen LogP contribution in [-0.2, 0) is 9.59 Å². The van der Waals surface area contributed by atoms with Crippen LogP contribution >= 0.6 is 0 Å². The minimum absolute atomic E-state index is 0.158. The zero-order chi connectivity index (χ0) is 24.5. The lowest BCUT2D eigenvalue weighted by atomic mass is 10.1. The van der Waals surface area contributed by atoms with Gasteiger partial charge in [0.2, 0.25) is 11.8 Å². The van der Waals surface area contributed by atoms with E-state index < -0.39 is 5.91 Å². The molecule has 0 aliphatic carbocycles. The molecule has 8 nitrogen and oxygen atoms in total. The Morgan fingerprint density at radius 1 is 1.03 bits per heavy atom. The van der Waals surface area contributed by atoms with E-state index in [-0.39, 0.29) is 12.5 Å². The van der Waals surface area contributed by atoms with E-state index >= 15 is 0 Å². The van der Waals surface area contributed by atoms with Crippen molar-refractivity contribution in [3.63, 3.8) is 0 Å². The topological polar surface area (TPSA) is 98.1 Å². The summed E-state index contributed by atoms with van der Waals surface area (Å²) in [7, 11) is 0. The van der Waals surface area contributed by atoms with Crippen molar-refractivity contribution < 1.29 is 14.3 Å². The van der Waals surface area contributed by atoms with Crippen LogP contribution in [0.1, 0.15) is 12.5 Å². The number of para-hydroxylation sites is 1. The second-order valence-electron chi connectivity index (χ2n) is 7.51. The second kappa shape index (κ2) is 11.4. The van der Waals surface area contributed by atoms with Crippen LogP contribution in [0.5, 0.6) is 5.75 Å². The van der Waals surface area contributed by atoms with Gasteiger partial charge in [-0.3, -0.25) is 14.6 Å². The molecule has 0 unspecified atom stereocenters. The van der Waals surface area contributed by atoms with Crippen molar-refractivity contribution in [3.05, 3.63) is 97.0 Å². The monoisotopic (exact) mass is 467 g/mol. The van der Waals surface area contributed by atoms with E-state index in [9.17, 15) is 9.59 Å². The lowest BCUT2D eigenvalue weighted by Gasteiger charge is -2.07. The zero-order valence-corrected chi connectivity index (χ0v) is 19.2. The molecule has 4 rings (SSSR count). The summed E-state index contributed by atoms with van der Waals surface area (Å²) < 4.78 is 7.14. The average molecular weight is 468 g/mol. The number of ether oxygens (including phenoxy) is 1. The van der Waals surface area contributed by atoms with Crippen LogP contribution in [0.2, 0.25) is 0 Å². The lowest BCUT2D eigenvalue weighted by molar-refractivity contribution is -0.121. The molecule has 0 spiro atoms. The number of anilines is 1. The third-order valence-corrected chi connectivity index (χ3v) is 4.98.